The van der Waals surface area contributed by atoms with E-state index < -0.39 is 0 Å². The fourth-order valence-corrected chi connectivity index (χ4v) is 2.35. The first kappa shape index (κ1) is 14.5. The lowest BCUT2D eigenvalue weighted by Crippen LogP contribution is -2.22. The zero-order chi connectivity index (χ0) is 15.4. The van der Waals surface area contributed by atoms with Crippen LogP contribution in [0.2, 0.25) is 0 Å². The molecule has 0 aliphatic carbocycles. The SMILES string of the molecule is C[C@@H](c1cccnc1)N(C)Cc1ncc(-c2ccccc2)o1. The molecule has 0 spiro atoms. The highest BCUT2D eigenvalue weighted by atomic mass is 16.4. The Morgan fingerprint density at radius 2 is 1.91 bits per heavy atom. The maximum absolute atomic E-state index is 5.86. The van der Waals surface area contributed by atoms with Gasteiger partial charge in [0.1, 0.15) is 0 Å². The Labute approximate surface area is 130 Å². The Balaban J connectivity index is 1.70. The lowest BCUT2D eigenvalue weighted by atomic mass is 10.1. The van der Waals surface area contributed by atoms with Gasteiger partial charge >= 0.3 is 0 Å². The minimum Gasteiger partial charge on any atom is -0.439 e. The summed E-state index contributed by atoms with van der Waals surface area (Å²) >= 11 is 0. The Morgan fingerprint density at radius 3 is 2.64 bits per heavy atom. The first-order valence-electron chi connectivity index (χ1n) is 7.34. The van der Waals surface area contributed by atoms with Crippen LogP contribution >= 0.6 is 0 Å². The molecule has 0 saturated carbocycles. The molecule has 4 nitrogen and oxygen atoms in total. The van der Waals surface area contributed by atoms with Gasteiger partial charge in [0.15, 0.2) is 5.76 Å². The summed E-state index contributed by atoms with van der Waals surface area (Å²) in [6.07, 6.45) is 5.47. The molecule has 112 valence electrons. The number of hydrogen-bond donors (Lipinski definition) is 0. The monoisotopic (exact) mass is 293 g/mol. The molecule has 0 amide bonds. The van der Waals surface area contributed by atoms with Crippen LogP contribution in [0.4, 0.5) is 0 Å². The second-order valence-electron chi connectivity index (χ2n) is 5.36. The van der Waals surface area contributed by atoms with Crippen molar-refractivity contribution in [1.29, 1.82) is 0 Å². The van der Waals surface area contributed by atoms with Crippen molar-refractivity contribution in [2.75, 3.05) is 7.05 Å². The first-order chi connectivity index (χ1) is 10.7. The summed E-state index contributed by atoms with van der Waals surface area (Å²) in [4.78, 5) is 10.7. The van der Waals surface area contributed by atoms with Gasteiger partial charge in [-0.25, -0.2) is 4.98 Å². The lowest BCUT2D eigenvalue weighted by Gasteiger charge is -2.23. The standard InChI is InChI=1S/C18H19N3O/c1-14(16-9-6-10-19-11-16)21(2)13-18-20-12-17(22-18)15-7-4-3-5-8-15/h3-12,14H,13H2,1-2H3/t14-/m0/s1. The van der Waals surface area contributed by atoms with Crippen LogP contribution in [0.5, 0.6) is 0 Å². The van der Waals surface area contributed by atoms with Crippen molar-refractivity contribution in [3.05, 3.63) is 72.5 Å². The molecule has 0 radical (unpaired) electrons. The highest BCUT2D eigenvalue weighted by molar-refractivity contribution is 5.55. The van der Waals surface area contributed by atoms with Crippen molar-refractivity contribution in [2.45, 2.75) is 19.5 Å². The van der Waals surface area contributed by atoms with Gasteiger partial charge in [0, 0.05) is 24.0 Å². The summed E-state index contributed by atoms with van der Waals surface area (Å²) in [5.41, 5.74) is 2.23. The van der Waals surface area contributed by atoms with E-state index in [-0.39, 0.29) is 6.04 Å². The number of oxazole rings is 1. The molecule has 2 heterocycles. The highest BCUT2D eigenvalue weighted by Gasteiger charge is 2.15. The summed E-state index contributed by atoms with van der Waals surface area (Å²) in [6, 6.07) is 14.3. The van der Waals surface area contributed by atoms with Crippen LogP contribution in [0.25, 0.3) is 11.3 Å². The van der Waals surface area contributed by atoms with E-state index in [1.165, 1.54) is 5.56 Å². The highest BCUT2D eigenvalue weighted by Crippen LogP contribution is 2.23. The van der Waals surface area contributed by atoms with Crippen LogP contribution in [0.3, 0.4) is 0 Å². The van der Waals surface area contributed by atoms with Crippen LogP contribution in [0.1, 0.15) is 24.4 Å². The zero-order valence-electron chi connectivity index (χ0n) is 12.8. The van der Waals surface area contributed by atoms with E-state index in [0.717, 1.165) is 17.2 Å². The minimum atomic E-state index is 0.251. The third-order valence-electron chi connectivity index (χ3n) is 3.82. The largest absolute Gasteiger partial charge is 0.439 e. The summed E-state index contributed by atoms with van der Waals surface area (Å²) in [7, 11) is 2.06. The van der Waals surface area contributed by atoms with Gasteiger partial charge in [-0.2, -0.15) is 0 Å². The predicted molar refractivity (Wildman–Crippen MR) is 86.1 cm³/mol. The van der Waals surface area contributed by atoms with Crippen LogP contribution < -0.4 is 0 Å². The molecule has 22 heavy (non-hydrogen) atoms. The molecule has 1 atom stereocenters. The zero-order valence-corrected chi connectivity index (χ0v) is 12.8. The van der Waals surface area contributed by atoms with Gasteiger partial charge in [-0.3, -0.25) is 9.88 Å². The van der Waals surface area contributed by atoms with Gasteiger partial charge in [-0.1, -0.05) is 36.4 Å². The number of benzene rings is 1. The molecule has 0 aliphatic heterocycles. The van der Waals surface area contributed by atoms with Crippen molar-refractivity contribution in [1.82, 2.24) is 14.9 Å². The van der Waals surface area contributed by atoms with Gasteiger partial charge in [0.05, 0.1) is 12.7 Å². The molecular formula is C18H19N3O. The molecule has 2 aromatic heterocycles. The number of aromatic nitrogens is 2. The fourth-order valence-electron chi connectivity index (χ4n) is 2.35. The summed E-state index contributed by atoms with van der Waals surface area (Å²) in [5.74, 6) is 1.52. The average molecular weight is 293 g/mol. The number of nitrogens with zero attached hydrogens (tertiary/aromatic N) is 3. The van der Waals surface area contributed by atoms with Gasteiger partial charge in [0.25, 0.3) is 0 Å². The average Bonchev–Trinajstić information content (AvgIpc) is 3.04. The molecule has 0 N–H and O–H groups in total. The lowest BCUT2D eigenvalue weighted by molar-refractivity contribution is 0.228. The van der Waals surface area contributed by atoms with E-state index in [1.54, 1.807) is 12.4 Å². The molecular weight excluding hydrogens is 274 g/mol. The van der Waals surface area contributed by atoms with Crippen LogP contribution in [0, 0.1) is 0 Å². The van der Waals surface area contributed by atoms with Crippen molar-refractivity contribution >= 4 is 0 Å². The van der Waals surface area contributed by atoms with E-state index in [0.29, 0.717) is 6.54 Å². The van der Waals surface area contributed by atoms with E-state index >= 15 is 0 Å². The predicted octanol–water partition coefficient (Wildman–Crippen LogP) is 3.93. The van der Waals surface area contributed by atoms with Crippen molar-refractivity contribution in [2.24, 2.45) is 0 Å². The molecule has 4 heteroatoms. The van der Waals surface area contributed by atoms with E-state index in [1.807, 2.05) is 42.6 Å². The van der Waals surface area contributed by atoms with E-state index in [2.05, 4.69) is 34.9 Å². The minimum absolute atomic E-state index is 0.251. The van der Waals surface area contributed by atoms with E-state index in [9.17, 15) is 0 Å². The van der Waals surface area contributed by atoms with Crippen LogP contribution in [-0.2, 0) is 6.54 Å². The Bertz CT molecular complexity index is 709. The summed E-state index contributed by atoms with van der Waals surface area (Å²) < 4.78 is 5.86. The van der Waals surface area contributed by atoms with Crippen molar-refractivity contribution in [3.63, 3.8) is 0 Å². The van der Waals surface area contributed by atoms with Crippen molar-refractivity contribution < 1.29 is 4.42 Å². The third kappa shape index (κ3) is 3.23. The molecule has 0 fully saturated rings. The van der Waals surface area contributed by atoms with Gasteiger partial charge in [-0.05, 0) is 25.6 Å². The smallest absolute Gasteiger partial charge is 0.209 e. The summed E-state index contributed by atoms with van der Waals surface area (Å²) in [6.45, 7) is 2.81. The number of rotatable bonds is 5. The van der Waals surface area contributed by atoms with Crippen LogP contribution in [-0.4, -0.2) is 21.9 Å². The molecule has 0 bridgehead atoms. The molecule has 0 saturated heterocycles. The molecule has 0 aliphatic rings. The first-order valence-corrected chi connectivity index (χ1v) is 7.34. The molecule has 1 aromatic carbocycles. The Morgan fingerprint density at radius 1 is 1.09 bits per heavy atom. The molecule has 3 rings (SSSR count). The maximum Gasteiger partial charge on any atom is 0.209 e. The quantitative estimate of drug-likeness (QED) is 0.715. The third-order valence-corrected chi connectivity index (χ3v) is 3.82. The van der Waals surface area contributed by atoms with Gasteiger partial charge in [0.2, 0.25) is 5.89 Å². The second-order valence-corrected chi connectivity index (χ2v) is 5.36. The second kappa shape index (κ2) is 6.54. The van der Waals surface area contributed by atoms with Crippen LogP contribution in [0.15, 0.2) is 65.5 Å². The topological polar surface area (TPSA) is 42.2 Å². The molecule has 0 unspecified atom stereocenters. The van der Waals surface area contributed by atoms with Gasteiger partial charge < -0.3 is 4.42 Å². The van der Waals surface area contributed by atoms with Crippen molar-refractivity contribution in [3.8, 4) is 11.3 Å². The maximum atomic E-state index is 5.86. The van der Waals surface area contributed by atoms with Gasteiger partial charge in [-0.15, -0.1) is 0 Å². The number of hydrogen-bond acceptors (Lipinski definition) is 4. The Hall–Kier alpha value is -2.46. The molecule has 3 aromatic rings. The fraction of sp³-hybridized carbons (Fsp3) is 0.222. The normalized spacial score (nSPS) is 12.5. The Kier molecular flexibility index (Phi) is 4.30. The number of pyridine rings is 1. The van der Waals surface area contributed by atoms with E-state index in [4.69, 9.17) is 4.42 Å². The summed E-state index contributed by atoms with van der Waals surface area (Å²) in [5, 5.41) is 0.